The van der Waals surface area contributed by atoms with Gasteiger partial charge in [-0.05, 0) is 55.2 Å². The molecule has 0 aliphatic heterocycles. The highest BCUT2D eigenvalue weighted by Crippen LogP contribution is 2.35. The minimum Gasteiger partial charge on any atom is -0.493 e. The van der Waals surface area contributed by atoms with E-state index in [0.29, 0.717) is 12.3 Å². The summed E-state index contributed by atoms with van der Waals surface area (Å²) in [7, 11) is 0. The third kappa shape index (κ3) is 2.82. The van der Waals surface area contributed by atoms with E-state index in [9.17, 15) is 4.79 Å². The lowest BCUT2D eigenvalue weighted by atomic mass is 10.0. The number of hydrogen-bond donors (Lipinski definition) is 0. The van der Waals surface area contributed by atoms with Crippen molar-refractivity contribution in [2.45, 2.75) is 33.6 Å². The summed E-state index contributed by atoms with van der Waals surface area (Å²) in [6.07, 6.45) is 4.88. The van der Waals surface area contributed by atoms with Crippen LogP contribution >= 0.6 is 0 Å². The Morgan fingerprint density at radius 3 is 2.38 bits per heavy atom. The lowest BCUT2D eigenvalue weighted by Crippen LogP contribution is -1.98. The van der Waals surface area contributed by atoms with Crippen molar-refractivity contribution in [3.63, 3.8) is 0 Å². The van der Waals surface area contributed by atoms with Crippen LogP contribution in [0, 0.1) is 0 Å². The number of rotatable bonds is 6. The predicted octanol–water partition coefficient (Wildman–Crippen LogP) is 4.94. The number of carbonyl (C=O) groups excluding carboxylic acids is 1. The van der Waals surface area contributed by atoms with Gasteiger partial charge in [0.1, 0.15) is 5.75 Å². The van der Waals surface area contributed by atoms with E-state index in [1.807, 2.05) is 23.6 Å². The van der Waals surface area contributed by atoms with Crippen LogP contribution in [0.25, 0.3) is 16.6 Å². The first-order valence-electron chi connectivity index (χ1n) is 8.57. The number of aldehydes is 1. The second-order valence-corrected chi connectivity index (χ2v) is 5.86. The van der Waals surface area contributed by atoms with E-state index in [1.165, 1.54) is 11.1 Å². The Labute approximate surface area is 142 Å². The maximum absolute atomic E-state index is 11.8. The molecule has 0 aliphatic carbocycles. The van der Waals surface area contributed by atoms with E-state index in [4.69, 9.17) is 4.74 Å². The van der Waals surface area contributed by atoms with Crippen LogP contribution in [0.2, 0.25) is 0 Å². The van der Waals surface area contributed by atoms with Crippen LogP contribution in [0.1, 0.15) is 42.4 Å². The third-order valence-corrected chi connectivity index (χ3v) is 4.43. The van der Waals surface area contributed by atoms with Gasteiger partial charge in [0.15, 0.2) is 6.29 Å². The monoisotopic (exact) mass is 321 g/mol. The smallest absolute Gasteiger partial charge is 0.167 e. The largest absolute Gasteiger partial charge is 0.493 e. The Balaban J connectivity index is 2.27. The summed E-state index contributed by atoms with van der Waals surface area (Å²) in [5, 5.41) is 0. The SMILES string of the molecule is CCOc1ccc(CC)cc1-c1cc2ccc(CC)cn2c1C=O. The zero-order valence-corrected chi connectivity index (χ0v) is 14.5. The molecule has 2 aromatic heterocycles. The normalized spacial score (nSPS) is 11.0. The van der Waals surface area contributed by atoms with Crippen molar-refractivity contribution in [1.29, 1.82) is 0 Å². The molecule has 0 bridgehead atoms. The van der Waals surface area contributed by atoms with Gasteiger partial charge < -0.3 is 9.14 Å². The summed E-state index contributed by atoms with van der Waals surface area (Å²) in [5.41, 5.74) is 6.05. The van der Waals surface area contributed by atoms with Gasteiger partial charge in [0.2, 0.25) is 0 Å². The van der Waals surface area contributed by atoms with Crippen molar-refractivity contribution >= 4 is 11.8 Å². The zero-order valence-electron chi connectivity index (χ0n) is 14.5. The van der Waals surface area contributed by atoms with Crippen molar-refractivity contribution in [2.24, 2.45) is 0 Å². The molecule has 0 saturated heterocycles. The molecule has 0 fully saturated rings. The summed E-state index contributed by atoms with van der Waals surface area (Å²) in [6.45, 7) is 6.82. The summed E-state index contributed by atoms with van der Waals surface area (Å²) in [4.78, 5) is 11.8. The molecule has 0 unspecified atom stereocenters. The first-order valence-corrected chi connectivity index (χ1v) is 8.57. The van der Waals surface area contributed by atoms with Gasteiger partial charge in [0, 0.05) is 22.8 Å². The molecule has 0 aliphatic rings. The Hall–Kier alpha value is -2.55. The molecule has 3 aromatic rings. The number of aromatic nitrogens is 1. The molecule has 124 valence electrons. The number of pyridine rings is 1. The first kappa shape index (κ1) is 16.3. The van der Waals surface area contributed by atoms with Crippen molar-refractivity contribution < 1.29 is 9.53 Å². The predicted molar refractivity (Wildman–Crippen MR) is 98.1 cm³/mol. The van der Waals surface area contributed by atoms with Crippen LogP contribution in [-0.2, 0) is 12.8 Å². The lowest BCUT2D eigenvalue weighted by Gasteiger charge is -2.11. The highest BCUT2D eigenvalue weighted by atomic mass is 16.5. The quantitative estimate of drug-likeness (QED) is 0.602. The Morgan fingerprint density at radius 1 is 0.958 bits per heavy atom. The molecule has 3 rings (SSSR count). The van der Waals surface area contributed by atoms with E-state index < -0.39 is 0 Å². The molecule has 0 radical (unpaired) electrons. The van der Waals surface area contributed by atoms with E-state index in [2.05, 4.69) is 44.2 Å². The second kappa shape index (κ2) is 6.91. The fourth-order valence-electron chi connectivity index (χ4n) is 3.07. The lowest BCUT2D eigenvalue weighted by molar-refractivity contribution is 0.111. The highest BCUT2D eigenvalue weighted by molar-refractivity contribution is 5.91. The minimum absolute atomic E-state index is 0.599. The molecule has 2 heterocycles. The van der Waals surface area contributed by atoms with Gasteiger partial charge in [0.25, 0.3) is 0 Å². The van der Waals surface area contributed by atoms with Gasteiger partial charge in [0.05, 0.1) is 12.3 Å². The van der Waals surface area contributed by atoms with Crippen LogP contribution in [0.15, 0.2) is 42.6 Å². The molecule has 0 spiro atoms. The molecule has 0 amide bonds. The van der Waals surface area contributed by atoms with Gasteiger partial charge >= 0.3 is 0 Å². The maximum Gasteiger partial charge on any atom is 0.167 e. The van der Waals surface area contributed by atoms with Crippen molar-refractivity contribution in [3.05, 3.63) is 59.4 Å². The molecule has 24 heavy (non-hydrogen) atoms. The number of ether oxygens (including phenoxy) is 1. The zero-order chi connectivity index (χ0) is 17.1. The number of benzene rings is 1. The fourth-order valence-corrected chi connectivity index (χ4v) is 3.07. The molecule has 0 saturated carbocycles. The van der Waals surface area contributed by atoms with Gasteiger partial charge in [-0.2, -0.15) is 0 Å². The summed E-state index contributed by atoms with van der Waals surface area (Å²) in [5.74, 6) is 0.824. The second-order valence-electron chi connectivity index (χ2n) is 5.86. The number of hydrogen-bond acceptors (Lipinski definition) is 2. The molecular formula is C21H23NO2. The summed E-state index contributed by atoms with van der Waals surface area (Å²) >= 11 is 0. The fraction of sp³-hybridized carbons (Fsp3) is 0.286. The van der Waals surface area contributed by atoms with Crippen LogP contribution < -0.4 is 4.74 Å². The molecule has 0 N–H and O–H groups in total. The van der Waals surface area contributed by atoms with Crippen molar-refractivity contribution in [2.75, 3.05) is 6.61 Å². The van der Waals surface area contributed by atoms with Crippen molar-refractivity contribution in [1.82, 2.24) is 4.40 Å². The Morgan fingerprint density at radius 2 is 1.71 bits per heavy atom. The molecule has 3 nitrogen and oxygen atoms in total. The standard InChI is InChI=1S/C21H23NO2/c1-4-15-8-10-21(24-6-3)19(11-15)18-12-17-9-7-16(5-2)13-22(17)20(18)14-23/h7-14H,4-6H2,1-3H3. The summed E-state index contributed by atoms with van der Waals surface area (Å²) < 4.78 is 7.79. The molecular weight excluding hydrogens is 298 g/mol. The number of aryl methyl sites for hydroxylation is 2. The van der Waals surface area contributed by atoms with Crippen LogP contribution in [0.5, 0.6) is 5.75 Å². The molecule has 3 heteroatoms. The van der Waals surface area contributed by atoms with Gasteiger partial charge in [-0.3, -0.25) is 4.79 Å². The van der Waals surface area contributed by atoms with Gasteiger partial charge in [-0.15, -0.1) is 0 Å². The first-order chi connectivity index (χ1) is 11.7. The maximum atomic E-state index is 11.8. The number of fused-ring (bicyclic) bond motifs is 1. The van der Waals surface area contributed by atoms with Crippen LogP contribution in [-0.4, -0.2) is 17.3 Å². The summed E-state index contributed by atoms with van der Waals surface area (Å²) in [6, 6.07) is 12.5. The van der Waals surface area contributed by atoms with Gasteiger partial charge in [-0.25, -0.2) is 0 Å². The van der Waals surface area contributed by atoms with E-state index in [1.54, 1.807) is 0 Å². The Kier molecular flexibility index (Phi) is 4.70. The van der Waals surface area contributed by atoms with E-state index >= 15 is 0 Å². The Bertz CT molecular complexity index is 877. The third-order valence-electron chi connectivity index (χ3n) is 4.43. The number of nitrogens with zero attached hydrogens (tertiary/aromatic N) is 1. The van der Waals surface area contributed by atoms with E-state index in [0.717, 1.165) is 41.5 Å². The van der Waals surface area contributed by atoms with Gasteiger partial charge in [-0.1, -0.05) is 26.0 Å². The average molecular weight is 321 g/mol. The van der Waals surface area contributed by atoms with E-state index in [-0.39, 0.29) is 0 Å². The minimum atomic E-state index is 0.599. The van der Waals surface area contributed by atoms with Crippen molar-refractivity contribution in [3.8, 4) is 16.9 Å². The highest BCUT2D eigenvalue weighted by Gasteiger charge is 2.16. The number of carbonyl (C=O) groups is 1. The topological polar surface area (TPSA) is 30.7 Å². The molecule has 1 aromatic carbocycles. The molecule has 0 atom stereocenters. The van der Waals surface area contributed by atoms with Crippen LogP contribution in [0.3, 0.4) is 0 Å². The average Bonchev–Trinajstić information content (AvgIpc) is 2.99. The van der Waals surface area contributed by atoms with Crippen LogP contribution in [0.4, 0.5) is 0 Å².